The fourth-order valence-electron chi connectivity index (χ4n) is 1.74. The van der Waals surface area contributed by atoms with Gasteiger partial charge in [-0.15, -0.1) is 11.8 Å². The Morgan fingerprint density at radius 3 is 2.91 bits per heavy atom. The summed E-state index contributed by atoms with van der Waals surface area (Å²) >= 11 is 7.42. The van der Waals surface area contributed by atoms with E-state index in [2.05, 4.69) is 10.5 Å². The first-order valence-corrected chi connectivity index (χ1v) is 8.49. The molecule has 0 aliphatic heterocycles. The highest BCUT2D eigenvalue weighted by Crippen LogP contribution is 2.16. The van der Waals surface area contributed by atoms with Crippen molar-refractivity contribution in [2.75, 3.05) is 24.7 Å². The summed E-state index contributed by atoms with van der Waals surface area (Å²) in [4.78, 5) is 13.5. The molecule has 0 aliphatic rings. The molecule has 122 valence electrons. The number of anilines is 1. The summed E-state index contributed by atoms with van der Waals surface area (Å²) in [7, 11) is 3.78. The maximum atomic E-state index is 11.7. The van der Waals surface area contributed by atoms with E-state index in [0.717, 1.165) is 17.2 Å². The predicted molar refractivity (Wildman–Crippen MR) is 96.4 cm³/mol. The second-order valence-electron chi connectivity index (χ2n) is 4.99. The van der Waals surface area contributed by atoms with Crippen LogP contribution >= 0.6 is 23.4 Å². The maximum absolute atomic E-state index is 11.7. The first kappa shape index (κ1) is 17.4. The molecule has 0 saturated carbocycles. The molecular weight excluding hydrogens is 334 g/mol. The molecule has 0 radical (unpaired) electrons. The highest BCUT2D eigenvalue weighted by molar-refractivity contribution is 7.99. The Bertz CT molecular complexity index is 685. The number of furan rings is 1. The van der Waals surface area contributed by atoms with Crippen molar-refractivity contribution in [1.82, 2.24) is 5.43 Å². The molecule has 0 saturated heterocycles. The van der Waals surface area contributed by atoms with Crippen molar-refractivity contribution in [2.45, 2.75) is 5.75 Å². The molecule has 1 heterocycles. The Kier molecular flexibility index (Phi) is 6.55. The fourth-order valence-corrected chi connectivity index (χ4v) is 2.72. The van der Waals surface area contributed by atoms with Crippen molar-refractivity contribution < 1.29 is 9.21 Å². The molecule has 1 aromatic carbocycles. The third-order valence-corrected chi connectivity index (χ3v) is 4.06. The number of hydrogen-bond acceptors (Lipinski definition) is 5. The molecule has 0 unspecified atom stereocenters. The summed E-state index contributed by atoms with van der Waals surface area (Å²) < 4.78 is 5.48. The number of rotatable bonds is 7. The molecule has 0 bridgehead atoms. The van der Waals surface area contributed by atoms with Crippen LogP contribution in [0.25, 0.3) is 0 Å². The second kappa shape index (κ2) is 8.64. The topological polar surface area (TPSA) is 57.8 Å². The van der Waals surface area contributed by atoms with Gasteiger partial charge in [0.05, 0.1) is 12.0 Å². The second-order valence-corrected chi connectivity index (χ2v) is 6.41. The van der Waals surface area contributed by atoms with E-state index in [1.165, 1.54) is 18.0 Å². The molecular formula is C16H18ClN3O2S. The monoisotopic (exact) mass is 351 g/mol. The van der Waals surface area contributed by atoms with Crippen molar-refractivity contribution in [3.8, 4) is 0 Å². The van der Waals surface area contributed by atoms with E-state index in [1.54, 1.807) is 6.07 Å². The van der Waals surface area contributed by atoms with Gasteiger partial charge >= 0.3 is 0 Å². The van der Waals surface area contributed by atoms with Gasteiger partial charge in [0.1, 0.15) is 5.76 Å². The number of amides is 1. The first-order chi connectivity index (χ1) is 11.0. The lowest BCUT2D eigenvalue weighted by molar-refractivity contribution is -0.118. The van der Waals surface area contributed by atoms with E-state index in [4.69, 9.17) is 16.0 Å². The molecule has 0 aliphatic carbocycles. The van der Waals surface area contributed by atoms with E-state index in [0.29, 0.717) is 16.5 Å². The van der Waals surface area contributed by atoms with Crippen molar-refractivity contribution in [3.63, 3.8) is 0 Å². The van der Waals surface area contributed by atoms with Gasteiger partial charge in [0.2, 0.25) is 5.91 Å². The van der Waals surface area contributed by atoms with Crippen molar-refractivity contribution in [1.29, 1.82) is 0 Å². The van der Waals surface area contributed by atoms with Crippen LogP contribution in [0.3, 0.4) is 0 Å². The summed E-state index contributed by atoms with van der Waals surface area (Å²) in [5.74, 6) is 2.20. The minimum Gasteiger partial charge on any atom is -0.440 e. The summed E-state index contributed by atoms with van der Waals surface area (Å²) in [6, 6.07) is 11.2. The Hall–Kier alpha value is -1.92. The summed E-state index contributed by atoms with van der Waals surface area (Å²) in [6.45, 7) is 0. The molecule has 1 amide bonds. The molecule has 2 rings (SSSR count). The number of hydrogen-bond donors (Lipinski definition) is 1. The quantitative estimate of drug-likeness (QED) is 0.613. The van der Waals surface area contributed by atoms with Crippen molar-refractivity contribution in [2.24, 2.45) is 5.10 Å². The van der Waals surface area contributed by atoms with E-state index in [1.807, 2.05) is 49.3 Å². The fraction of sp³-hybridized carbons (Fsp3) is 0.250. The summed E-state index contributed by atoms with van der Waals surface area (Å²) in [5, 5.41) is 4.58. The zero-order valence-corrected chi connectivity index (χ0v) is 14.5. The van der Waals surface area contributed by atoms with E-state index < -0.39 is 0 Å². The van der Waals surface area contributed by atoms with Gasteiger partial charge in [-0.25, -0.2) is 5.43 Å². The largest absolute Gasteiger partial charge is 0.440 e. The average molecular weight is 352 g/mol. The number of thioether (sulfide) groups is 1. The highest BCUT2D eigenvalue weighted by atomic mass is 35.5. The Morgan fingerprint density at radius 1 is 1.39 bits per heavy atom. The molecule has 0 atom stereocenters. The minimum atomic E-state index is -0.160. The van der Waals surface area contributed by atoms with Crippen LogP contribution in [0.4, 0.5) is 5.88 Å². The lowest BCUT2D eigenvalue weighted by Gasteiger charge is -2.05. The standard InChI is InChI=1S/C16H18ClN3O2S/c1-20(2)16-7-6-14(22-16)9-18-19-15(21)11-23-10-12-4-3-5-13(17)8-12/h3-9H,10-11H2,1-2H3,(H,19,21)/b18-9-. The van der Waals surface area contributed by atoms with Gasteiger partial charge in [-0.3, -0.25) is 4.79 Å². The predicted octanol–water partition coefficient (Wildman–Crippen LogP) is 3.38. The van der Waals surface area contributed by atoms with Crippen LogP contribution in [-0.2, 0) is 10.5 Å². The van der Waals surface area contributed by atoms with Gasteiger partial charge in [-0.05, 0) is 23.8 Å². The van der Waals surface area contributed by atoms with Gasteiger partial charge in [-0.1, -0.05) is 23.7 Å². The van der Waals surface area contributed by atoms with Crippen LogP contribution in [0.15, 0.2) is 45.9 Å². The zero-order chi connectivity index (χ0) is 16.7. The zero-order valence-electron chi connectivity index (χ0n) is 13.0. The lowest BCUT2D eigenvalue weighted by Crippen LogP contribution is -2.19. The minimum absolute atomic E-state index is 0.160. The number of hydrazone groups is 1. The van der Waals surface area contributed by atoms with E-state index in [-0.39, 0.29) is 5.91 Å². The Morgan fingerprint density at radius 2 is 2.22 bits per heavy atom. The van der Waals surface area contributed by atoms with Crippen LogP contribution in [0.2, 0.25) is 5.02 Å². The molecule has 2 aromatic rings. The highest BCUT2D eigenvalue weighted by Gasteiger charge is 2.03. The van der Waals surface area contributed by atoms with E-state index in [9.17, 15) is 4.79 Å². The maximum Gasteiger partial charge on any atom is 0.250 e. The molecule has 0 fully saturated rings. The van der Waals surface area contributed by atoms with Gasteiger partial charge < -0.3 is 9.32 Å². The number of nitrogens with zero attached hydrogens (tertiary/aromatic N) is 2. The third kappa shape index (κ3) is 6.00. The van der Waals surface area contributed by atoms with Gasteiger partial charge in [0, 0.05) is 30.9 Å². The molecule has 0 spiro atoms. The number of nitrogens with one attached hydrogen (secondary N) is 1. The van der Waals surface area contributed by atoms with Crippen molar-refractivity contribution >= 4 is 41.4 Å². The smallest absolute Gasteiger partial charge is 0.250 e. The Labute approximate surface area is 144 Å². The van der Waals surface area contributed by atoms with Crippen LogP contribution in [0, 0.1) is 0 Å². The number of carbonyl (C=O) groups excluding carboxylic acids is 1. The molecule has 7 heteroatoms. The Balaban J connectivity index is 1.71. The average Bonchev–Trinajstić information content (AvgIpc) is 2.96. The van der Waals surface area contributed by atoms with Gasteiger partial charge in [-0.2, -0.15) is 5.10 Å². The van der Waals surface area contributed by atoms with E-state index >= 15 is 0 Å². The third-order valence-electron chi connectivity index (χ3n) is 2.83. The summed E-state index contributed by atoms with van der Waals surface area (Å²) in [6.07, 6.45) is 1.48. The molecule has 1 aromatic heterocycles. The van der Waals surface area contributed by atoms with Crippen LogP contribution in [-0.4, -0.2) is 32.0 Å². The van der Waals surface area contributed by atoms with Crippen molar-refractivity contribution in [3.05, 3.63) is 52.7 Å². The lowest BCUT2D eigenvalue weighted by atomic mass is 10.2. The van der Waals surface area contributed by atoms with Crippen LogP contribution < -0.4 is 10.3 Å². The summed E-state index contributed by atoms with van der Waals surface area (Å²) in [5.41, 5.74) is 3.57. The number of benzene rings is 1. The first-order valence-electron chi connectivity index (χ1n) is 6.96. The molecule has 5 nitrogen and oxygen atoms in total. The van der Waals surface area contributed by atoms with Gasteiger partial charge in [0.15, 0.2) is 5.88 Å². The van der Waals surface area contributed by atoms with Gasteiger partial charge in [0.25, 0.3) is 0 Å². The normalized spacial score (nSPS) is 10.9. The molecule has 1 N–H and O–H groups in total. The van der Waals surface area contributed by atoms with Crippen LogP contribution in [0.5, 0.6) is 0 Å². The molecule has 23 heavy (non-hydrogen) atoms. The number of carbonyl (C=O) groups is 1. The van der Waals surface area contributed by atoms with Crippen LogP contribution in [0.1, 0.15) is 11.3 Å². The number of halogens is 1. The SMILES string of the molecule is CN(C)c1ccc(/C=N\NC(=O)CSCc2cccc(Cl)c2)o1.